The van der Waals surface area contributed by atoms with Crippen molar-refractivity contribution in [2.45, 2.75) is 65.3 Å². The van der Waals surface area contributed by atoms with Crippen LogP contribution in [0.15, 0.2) is 35.4 Å². The lowest BCUT2D eigenvalue weighted by molar-refractivity contribution is -0.0365. The molecule has 3 aromatic rings. The van der Waals surface area contributed by atoms with Gasteiger partial charge in [-0.1, -0.05) is 12.1 Å². The number of ether oxygens (including phenoxy) is 1. The molecule has 1 aromatic carbocycles. The average Bonchev–Trinajstić information content (AvgIpc) is 3.00. The van der Waals surface area contributed by atoms with Crippen molar-refractivity contribution in [3.8, 4) is 5.75 Å². The highest BCUT2D eigenvalue weighted by Crippen LogP contribution is 2.28. The summed E-state index contributed by atoms with van der Waals surface area (Å²) in [5, 5.41) is 11.9. The van der Waals surface area contributed by atoms with E-state index < -0.39 is 5.60 Å². The van der Waals surface area contributed by atoms with Gasteiger partial charge in [0.05, 0.1) is 30.0 Å². The first-order chi connectivity index (χ1) is 14.7. The van der Waals surface area contributed by atoms with Gasteiger partial charge < -0.3 is 9.84 Å². The van der Waals surface area contributed by atoms with Crippen molar-refractivity contribution < 1.29 is 9.84 Å². The number of aliphatic hydroxyl groups is 1. The van der Waals surface area contributed by atoms with E-state index >= 15 is 0 Å². The van der Waals surface area contributed by atoms with Crippen LogP contribution >= 0.6 is 11.3 Å². The highest BCUT2D eigenvalue weighted by Gasteiger charge is 2.33. The molecule has 0 spiro atoms. The Morgan fingerprint density at radius 3 is 2.71 bits per heavy atom. The lowest BCUT2D eigenvalue weighted by Crippen LogP contribution is -2.47. The Kier molecular flexibility index (Phi) is 6.19. The number of benzene rings is 1. The maximum atomic E-state index is 13.0. The SMILES string of the molecule is Cc1sc2ncn(CC3(O)CCN(Cc4cccc(OC(C)C)c4)CC3)c(=O)c2c1C. The molecule has 0 aliphatic carbocycles. The van der Waals surface area contributed by atoms with Gasteiger partial charge in [-0.15, -0.1) is 11.3 Å². The quantitative estimate of drug-likeness (QED) is 0.629. The van der Waals surface area contributed by atoms with Crippen LogP contribution < -0.4 is 10.3 Å². The van der Waals surface area contributed by atoms with Crippen molar-refractivity contribution in [3.63, 3.8) is 0 Å². The molecule has 31 heavy (non-hydrogen) atoms. The van der Waals surface area contributed by atoms with Gasteiger partial charge in [0, 0.05) is 24.5 Å². The second-order valence-electron chi connectivity index (χ2n) is 8.96. The summed E-state index contributed by atoms with van der Waals surface area (Å²) in [7, 11) is 0. The Hall–Kier alpha value is -2.22. The molecule has 1 N–H and O–H groups in total. The fourth-order valence-corrected chi connectivity index (χ4v) is 5.22. The van der Waals surface area contributed by atoms with Crippen LogP contribution in [-0.2, 0) is 13.1 Å². The molecule has 0 atom stereocenters. The van der Waals surface area contributed by atoms with Crippen molar-refractivity contribution >= 4 is 21.6 Å². The number of nitrogens with zero attached hydrogens (tertiary/aromatic N) is 3. The maximum Gasteiger partial charge on any atom is 0.262 e. The Balaban J connectivity index is 1.41. The van der Waals surface area contributed by atoms with Gasteiger partial charge in [0.25, 0.3) is 5.56 Å². The highest BCUT2D eigenvalue weighted by molar-refractivity contribution is 7.18. The summed E-state index contributed by atoms with van der Waals surface area (Å²) in [6.45, 7) is 10.7. The van der Waals surface area contributed by atoms with Crippen LogP contribution in [0.5, 0.6) is 5.75 Å². The van der Waals surface area contributed by atoms with E-state index in [2.05, 4.69) is 22.0 Å². The molecular formula is C24H31N3O3S. The van der Waals surface area contributed by atoms with Crippen LogP contribution in [0, 0.1) is 13.8 Å². The minimum atomic E-state index is -0.892. The molecule has 0 bridgehead atoms. The topological polar surface area (TPSA) is 67.6 Å². The van der Waals surface area contributed by atoms with E-state index in [9.17, 15) is 9.90 Å². The molecule has 3 heterocycles. The summed E-state index contributed by atoms with van der Waals surface area (Å²) in [4.78, 5) is 21.7. The summed E-state index contributed by atoms with van der Waals surface area (Å²) in [6, 6.07) is 8.21. The van der Waals surface area contributed by atoms with Crippen LogP contribution in [0.3, 0.4) is 0 Å². The first kappa shape index (κ1) is 22.0. The summed E-state index contributed by atoms with van der Waals surface area (Å²) in [5.74, 6) is 0.891. The predicted octanol–water partition coefficient (Wildman–Crippen LogP) is 3.89. The Bertz CT molecular complexity index is 1130. The number of piperidine rings is 1. The van der Waals surface area contributed by atoms with Crippen molar-refractivity contribution in [2.75, 3.05) is 13.1 Å². The van der Waals surface area contributed by atoms with E-state index in [4.69, 9.17) is 4.74 Å². The molecular weight excluding hydrogens is 410 g/mol. The number of rotatable bonds is 6. The van der Waals surface area contributed by atoms with Gasteiger partial charge in [-0.05, 0) is 63.8 Å². The molecule has 1 aliphatic rings. The molecule has 7 heteroatoms. The number of hydrogen-bond acceptors (Lipinski definition) is 6. The fourth-order valence-electron chi connectivity index (χ4n) is 4.23. The van der Waals surface area contributed by atoms with Gasteiger partial charge in [0.15, 0.2) is 0 Å². The van der Waals surface area contributed by atoms with E-state index in [1.165, 1.54) is 5.56 Å². The van der Waals surface area contributed by atoms with E-state index in [1.54, 1.807) is 22.2 Å². The Morgan fingerprint density at radius 2 is 2.00 bits per heavy atom. The number of aromatic nitrogens is 2. The molecule has 0 unspecified atom stereocenters. The fraction of sp³-hybridized carbons (Fsp3) is 0.500. The summed E-state index contributed by atoms with van der Waals surface area (Å²) in [6.07, 6.45) is 2.99. The first-order valence-corrected chi connectivity index (χ1v) is 11.7. The summed E-state index contributed by atoms with van der Waals surface area (Å²) in [5.41, 5.74) is 1.26. The second kappa shape index (κ2) is 8.73. The Labute approximate surface area is 187 Å². The lowest BCUT2D eigenvalue weighted by atomic mass is 9.91. The smallest absolute Gasteiger partial charge is 0.262 e. The average molecular weight is 442 g/mol. The van der Waals surface area contributed by atoms with Crippen molar-refractivity contribution in [1.29, 1.82) is 0 Å². The molecule has 0 saturated carbocycles. The van der Waals surface area contributed by atoms with Gasteiger partial charge in [0.1, 0.15) is 10.6 Å². The van der Waals surface area contributed by atoms with Gasteiger partial charge in [0.2, 0.25) is 0 Å². The molecule has 1 saturated heterocycles. The highest BCUT2D eigenvalue weighted by atomic mass is 32.1. The van der Waals surface area contributed by atoms with E-state index in [1.807, 2.05) is 39.8 Å². The third-order valence-corrected chi connectivity index (χ3v) is 7.20. The number of fused-ring (bicyclic) bond motifs is 1. The molecule has 166 valence electrons. The van der Waals surface area contributed by atoms with Crippen LogP contribution in [0.1, 0.15) is 42.7 Å². The molecule has 2 aromatic heterocycles. The lowest BCUT2D eigenvalue weighted by Gasteiger charge is -2.38. The number of hydrogen-bond donors (Lipinski definition) is 1. The van der Waals surface area contributed by atoms with Crippen LogP contribution in [0.2, 0.25) is 0 Å². The number of thiophene rings is 1. The summed E-state index contributed by atoms with van der Waals surface area (Å²) < 4.78 is 7.39. The molecule has 4 rings (SSSR count). The van der Waals surface area contributed by atoms with Crippen LogP contribution in [0.25, 0.3) is 10.2 Å². The van der Waals surface area contributed by atoms with Crippen molar-refractivity contribution in [3.05, 3.63) is 57.0 Å². The second-order valence-corrected chi connectivity index (χ2v) is 10.2. The maximum absolute atomic E-state index is 13.0. The van der Waals surface area contributed by atoms with Gasteiger partial charge in [-0.3, -0.25) is 14.3 Å². The molecule has 1 aliphatic heterocycles. The standard InChI is InChI=1S/C24H31N3O3S/c1-16(2)30-20-7-5-6-19(12-20)13-26-10-8-24(29,9-11-26)14-27-15-25-22-21(23(27)28)17(3)18(4)31-22/h5-7,12,15-16,29H,8-11,13-14H2,1-4H3. The van der Waals surface area contributed by atoms with Crippen LogP contribution in [0.4, 0.5) is 0 Å². The van der Waals surface area contributed by atoms with Gasteiger partial charge >= 0.3 is 0 Å². The third kappa shape index (κ3) is 4.84. The van der Waals surface area contributed by atoms with E-state index in [0.717, 1.165) is 40.7 Å². The van der Waals surface area contributed by atoms with Gasteiger partial charge in [-0.25, -0.2) is 4.98 Å². The van der Waals surface area contributed by atoms with E-state index in [0.29, 0.717) is 18.2 Å². The Morgan fingerprint density at radius 1 is 1.26 bits per heavy atom. The number of likely N-dealkylation sites (tertiary alicyclic amines) is 1. The molecule has 0 radical (unpaired) electrons. The van der Waals surface area contributed by atoms with Crippen LogP contribution in [-0.4, -0.2) is 44.4 Å². The molecule has 6 nitrogen and oxygen atoms in total. The van der Waals surface area contributed by atoms with Crippen molar-refractivity contribution in [1.82, 2.24) is 14.5 Å². The first-order valence-electron chi connectivity index (χ1n) is 10.9. The minimum Gasteiger partial charge on any atom is -0.491 e. The third-order valence-electron chi connectivity index (χ3n) is 6.08. The zero-order chi connectivity index (χ0) is 22.2. The van der Waals surface area contributed by atoms with Crippen molar-refractivity contribution in [2.24, 2.45) is 0 Å². The number of aryl methyl sites for hydroxylation is 2. The minimum absolute atomic E-state index is 0.0512. The zero-order valence-corrected chi connectivity index (χ0v) is 19.5. The monoisotopic (exact) mass is 441 g/mol. The zero-order valence-electron chi connectivity index (χ0n) is 18.7. The largest absolute Gasteiger partial charge is 0.491 e. The van der Waals surface area contributed by atoms with E-state index in [-0.39, 0.29) is 18.2 Å². The molecule has 1 fully saturated rings. The molecule has 0 amide bonds. The van der Waals surface area contributed by atoms with Gasteiger partial charge in [-0.2, -0.15) is 0 Å². The predicted molar refractivity (Wildman–Crippen MR) is 125 cm³/mol. The summed E-state index contributed by atoms with van der Waals surface area (Å²) >= 11 is 1.55. The normalized spacial score (nSPS) is 16.8.